The summed E-state index contributed by atoms with van der Waals surface area (Å²) in [5, 5.41) is 4.15. The number of amides is 1. The van der Waals surface area contributed by atoms with Crippen LogP contribution >= 0.6 is 23.2 Å². The maximum atomic E-state index is 12.8. The van der Waals surface area contributed by atoms with Crippen molar-refractivity contribution in [1.29, 1.82) is 0 Å². The van der Waals surface area contributed by atoms with Gasteiger partial charge in [-0.25, -0.2) is 4.98 Å². The zero-order valence-electron chi connectivity index (χ0n) is 19.6. The number of imidazole rings is 1. The van der Waals surface area contributed by atoms with Crippen LogP contribution < -0.4 is 10.2 Å². The Labute approximate surface area is 210 Å². The van der Waals surface area contributed by atoms with Gasteiger partial charge in [0.05, 0.1) is 27.7 Å². The van der Waals surface area contributed by atoms with E-state index in [1.165, 1.54) is 11.1 Å². The number of fused-ring (bicyclic) bond motifs is 1. The molecule has 0 aliphatic carbocycles. The van der Waals surface area contributed by atoms with Crippen molar-refractivity contribution in [3.8, 4) is 5.69 Å². The Morgan fingerprint density at radius 1 is 1.09 bits per heavy atom. The molecule has 1 aromatic heterocycles. The van der Waals surface area contributed by atoms with E-state index in [9.17, 15) is 4.79 Å². The topological polar surface area (TPSA) is 59.4 Å². The molecule has 1 unspecified atom stereocenters. The van der Waals surface area contributed by atoms with Gasteiger partial charge in [0.25, 0.3) is 0 Å². The molecular formula is C26H30Cl2N4O2. The number of piperidine rings is 1. The summed E-state index contributed by atoms with van der Waals surface area (Å²) in [7, 11) is 0. The standard InChI is InChI=1S/C26H30Cl2N4O2/c1-16-3-4-20(11-17(16)2)32-24-13-22(28)21(27)12-23(24)30-26(32)31-8-5-19(6-9-31)25(33)29-14-18-7-10-34-15-18/h3-4,11-13,18-19H,5-10,14-15H2,1-2H3,(H,29,33). The first kappa shape index (κ1) is 23.5. The molecular weight excluding hydrogens is 471 g/mol. The molecule has 2 aliphatic rings. The number of carbonyl (C=O) groups is 1. The maximum absolute atomic E-state index is 12.8. The van der Waals surface area contributed by atoms with E-state index in [1.54, 1.807) is 0 Å². The zero-order chi connectivity index (χ0) is 23.8. The van der Waals surface area contributed by atoms with Crippen LogP contribution in [0.1, 0.15) is 30.4 Å². The number of hydrogen-bond acceptors (Lipinski definition) is 4. The van der Waals surface area contributed by atoms with Gasteiger partial charge < -0.3 is 15.0 Å². The average molecular weight is 501 g/mol. The van der Waals surface area contributed by atoms with Gasteiger partial charge >= 0.3 is 0 Å². The lowest BCUT2D eigenvalue weighted by Crippen LogP contribution is -2.42. The lowest BCUT2D eigenvalue weighted by Gasteiger charge is -2.32. The molecule has 0 bridgehead atoms. The van der Waals surface area contributed by atoms with E-state index >= 15 is 0 Å². The van der Waals surface area contributed by atoms with Crippen LogP contribution in [0.15, 0.2) is 30.3 Å². The van der Waals surface area contributed by atoms with Gasteiger partial charge in [0.2, 0.25) is 11.9 Å². The Morgan fingerprint density at radius 3 is 2.56 bits per heavy atom. The molecule has 2 aliphatic heterocycles. The molecule has 3 heterocycles. The molecule has 6 nitrogen and oxygen atoms in total. The van der Waals surface area contributed by atoms with E-state index < -0.39 is 0 Å². The predicted molar refractivity (Wildman–Crippen MR) is 137 cm³/mol. The molecule has 34 heavy (non-hydrogen) atoms. The highest BCUT2D eigenvalue weighted by Crippen LogP contribution is 2.35. The molecule has 3 aromatic rings. The number of aromatic nitrogens is 2. The first-order chi connectivity index (χ1) is 16.4. The van der Waals surface area contributed by atoms with Crippen LogP contribution in [0.25, 0.3) is 16.7 Å². The van der Waals surface area contributed by atoms with Crippen LogP contribution in [0.4, 0.5) is 5.95 Å². The minimum Gasteiger partial charge on any atom is -0.381 e. The molecule has 8 heteroatoms. The smallest absolute Gasteiger partial charge is 0.223 e. The highest BCUT2D eigenvalue weighted by molar-refractivity contribution is 6.42. The highest BCUT2D eigenvalue weighted by Gasteiger charge is 2.29. The molecule has 1 atom stereocenters. The Hall–Kier alpha value is -2.28. The number of ether oxygens (including phenoxy) is 1. The van der Waals surface area contributed by atoms with Gasteiger partial charge in [-0.3, -0.25) is 9.36 Å². The van der Waals surface area contributed by atoms with Gasteiger partial charge in [0, 0.05) is 43.8 Å². The summed E-state index contributed by atoms with van der Waals surface area (Å²) >= 11 is 12.7. The van der Waals surface area contributed by atoms with Crippen molar-refractivity contribution in [1.82, 2.24) is 14.9 Å². The summed E-state index contributed by atoms with van der Waals surface area (Å²) in [6.07, 6.45) is 2.62. The van der Waals surface area contributed by atoms with Gasteiger partial charge in [-0.2, -0.15) is 0 Å². The quantitative estimate of drug-likeness (QED) is 0.514. The maximum Gasteiger partial charge on any atom is 0.223 e. The summed E-state index contributed by atoms with van der Waals surface area (Å²) in [6, 6.07) is 10.1. The van der Waals surface area contributed by atoms with Gasteiger partial charge in [0.15, 0.2) is 0 Å². The van der Waals surface area contributed by atoms with E-state index in [4.69, 9.17) is 32.9 Å². The molecule has 1 amide bonds. The van der Waals surface area contributed by atoms with Crippen molar-refractivity contribution in [3.63, 3.8) is 0 Å². The second-order valence-electron chi connectivity index (χ2n) is 9.51. The largest absolute Gasteiger partial charge is 0.381 e. The van der Waals surface area contributed by atoms with Crippen LogP contribution in [0, 0.1) is 25.7 Å². The fraction of sp³-hybridized carbons (Fsp3) is 0.462. The van der Waals surface area contributed by atoms with Crippen LogP contribution in [0.2, 0.25) is 10.0 Å². The van der Waals surface area contributed by atoms with Gasteiger partial charge in [-0.05, 0) is 68.5 Å². The lowest BCUT2D eigenvalue weighted by molar-refractivity contribution is -0.125. The molecule has 0 saturated carbocycles. The number of nitrogens with zero attached hydrogens (tertiary/aromatic N) is 3. The first-order valence-corrected chi connectivity index (χ1v) is 12.7. The number of benzene rings is 2. The molecule has 2 aromatic carbocycles. The minimum atomic E-state index is 0.0295. The van der Waals surface area contributed by atoms with Crippen molar-refractivity contribution in [3.05, 3.63) is 51.5 Å². The molecule has 1 N–H and O–H groups in total. The third-order valence-electron chi connectivity index (χ3n) is 7.17. The zero-order valence-corrected chi connectivity index (χ0v) is 21.1. The van der Waals surface area contributed by atoms with E-state index in [2.05, 4.69) is 46.8 Å². The highest BCUT2D eigenvalue weighted by atomic mass is 35.5. The average Bonchev–Trinajstić information content (AvgIpc) is 3.48. The van der Waals surface area contributed by atoms with Crippen LogP contribution in [-0.4, -0.2) is 48.3 Å². The minimum absolute atomic E-state index is 0.0295. The van der Waals surface area contributed by atoms with E-state index in [-0.39, 0.29) is 11.8 Å². The molecule has 2 saturated heterocycles. The predicted octanol–water partition coefficient (Wildman–Crippen LogP) is 5.32. The van der Waals surface area contributed by atoms with Gasteiger partial charge in [-0.1, -0.05) is 29.3 Å². The Kier molecular flexibility index (Phi) is 6.74. The number of anilines is 1. The van der Waals surface area contributed by atoms with E-state index in [0.29, 0.717) is 22.5 Å². The Balaban J connectivity index is 1.39. The number of nitrogens with one attached hydrogen (secondary N) is 1. The third kappa shape index (κ3) is 4.64. The van der Waals surface area contributed by atoms with Crippen LogP contribution in [0.3, 0.4) is 0 Å². The monoisotopic (exact) mass is 500 g/mol. The summed E-state index contributed by atoms with van der Waals surface area (Å²) < 4.78 is 7.57. The number of hydrogen-bond donors (Lipinski definition) is 1. The molecule has 0 radical (unpaired) electrons. The lowest BCUT2D eigenvalue weighted by atomic mass is 9.95. The van der Waals surface area contributed by atoms with Crippen LogP contribution in [-0.2, 0) is 9.53 Å². The number of rotatable bonds is 5. The third-order valence-corrected chi connectivity index (χ3v) is 7.89. The molecule has 0 spiro atoms. The summed E-state index contributed by atoms with van der Waals surface area (Å²) in [5.41, 5.74) is 5.23. The van der Waals surface area contributed by atoms with E-state index in [0.717, 1.165) is 68.2 Å². The first-order valence-electron chi connectivity index (χ1n) is 12.0. The summed E-state index contributed by atoms with van der Waals surface area (Å²) in [5.74, 6) is 1.49. The summed E-state index contributed by atoms with van der Waals surface area (Å²) in [6.45, 7) is 8.02. The molecule has 180 valence electrons. The number of halogens is 2. The van der Waals surface area contributed by atoms with Crippen molar-refractivity contribution >= 4 is 46.1 Å². The summed E-state index contributed by atoms with van der Waals surface area (Å²) in [4.78, 5) is 20.0. The fourth-order valence-electron chi connectivity index (χ4n) is 4.87. The SMILES string of the molecule is Cc1ccc(-n2c(N3CCC(C(=O)NCC4CCOC4)CC3)nc3cc(Cl)c(Cl)cc32)cc1C. The Morgan fingerprint density at radius 2 is 1.85 bits per heavy atom. The van der Waals surface area contributed by atoms with Gasteiger partial charge in [-0.15, -0.1) is 0 Å². The second-order valence-corrected chi connectivity index (χ2v) is 10.3. The fourth-order valence-corrected chi connectivity index (χ4v) is 5.18. The van der Waals surface area contributed by atoms with Crippen molar-refractivity contribution in [2.45, 2.75) is 33.1 Å². The van der Waals surface area contributed by atoms with Crippen molar-refractivity contribution in [2.24, 2.45) is 11.8 Å². The van der Waals surface area contributed by atoms with Gasteiger partial charge in [0.1, 0.15) is 0 Å². The number of aryl methyl sites for hydroxylation is 2. The van der Waals surface area contributed by atoms with Crippen molar-refractivity contribution in [2.75, 3.05) is 37.7 Å². The number of carbonyl (C=O) groups excluding carboxylic acids is 1. The van der Waals surface area contributed by atoms with Crippen LogP contribution in [0.5, 0.6) is 0 Å². The molecule has 5 rings (SSSR count). The van der Waals surface area contributed by atoms with E-state index in [1.807, 2.05) is 12.1 Å². The van der Waals surface area contributed by atoms with Crippen molar-refractivity contribution < 1.29 is 9.53 Å². The normalized spacial score (nSPS) is 19.2. The Bertz CT molecular complexity index is 1210. The second kappa shape index (κ2) is 9.76. The molecule has 2 fully saturated rings.